The van der Waals surface area contributed by atoms with Gasteiger partial charge in [0, 0.05) is 18.2 Å². The van der Waals surface area contributed by atoms with Crippen molar-refractivity contribution < 1.29 is 19.4 Å². The third-order valence-corrected chi connectivity index (χ3v) is 3.01. The molecule has 0 radical (unpaired) electrons. The van der Waals surface area contributed by atoms with Crippen LogP contribution in [0.5, 0.6) is 5.75 Å². The number of ketones is 1. The summed E-state index contributed by atoms with van der Waals surface area (Å²) in [6, 6.07) is 6.59. The number of aryl methyl sites for hydroxylation is 1. The second-order valence-electron chi connectivity index (χ2n) is 4.50. The third kappa shape index (κ3) is 3.28. The summed E-state index contributed by atoms with van der Waals surface area (Å²) in [4.78, 5) is 31.8. The van der Waals surface area contributed by atoms with Crippen molar-refractivity contribution in [2.75, 3.05) is 6.61 Å². The second-order valence-corrected chi connectivity index (χ2v) is 4.50. The van der Waals surface area contributed by atoms with Crippen molar-refractivity contribution in [1.29, 1.82) is 0 Å². The van der Waals surface area contributed by atoms with E-state index in [1.807, 2.05) is 13.8 Å². The first kappa shape index (κ1) is 15.6. The molecule has 0 aliphatic heterocycles. The van der Waals surface area contributed by atoms with Gasteiger partial charge in [0.1, 0.15) is 11.6 Å². The van der Waals surface area contributed by atoms with Gasteiger partial charge in [-0.3, -0.25) is 4.79 Å². The topological polar surface area (TPSA) is 89.4 Å². The molecule has 22 heavy (non-hydrogen) atoms. The SMILES string of the molecule is CCOc1cccc(C(=O)c2cnc(CC)nc2C(=O)O)c1. The van der Waals surface area contributed by atoms with E-state index in [0.29, 0.717) is 30.2 Å². The van der Waals surface area contributed by atoms with Crippen molar-refractivity contribution in [3.8, 4) is 5.75 Å². The Morgan fingerprint density at radius 1 is 1.27 bits per heavy atom. The average Bonchev–Trinajstić information content (AvgIpc) is 2.54. The predicted octanol–water partition coefficient (Wildman–Crippen LogP) is 2.37. The van der Waals surface area contributed by atoms with E-state index in [1.165, 1.54) is 6.20 Å². The van der Waals surface area contributed by atoms with Gasteiger partial charge >= 0.3 is 5.97 Å². The van der Waals surface area contributed by atoms with Gasteiger partial charge in [0.2, 0.25) is 0 Å². The maximum atomic E-state index is 12.5. The standard InChI is InChI=1S/C16H16N2O4/c1-3-13-17-9-12(14(18-13)16(20)21)15(19)10-6-5-7-11(8-10)22-4-2/h5-9H,3-4H2,1-2H3,(H,20,21). The van der Waals surface area contributed by atoms with E-state index >= 15 is 0 Å². The quantitative estimate of drug-likeness (QED) is 0.824. The molecule has 1 heterocycles. The van der Waals surface area contributed by atoms with Gasteiger partial charge in [-0.05, 0) is 19.1 Å². The van der Waals surface area contributed by atoms with Crippen molar-refractivity contribution in [2.45, 2.75) is 20.3 Å². The number of hydrogen-bond acceptors (Lipinski definition) is 5. The lowest BCUT2D eigenvalue weighted by Crippen LogP contribution is -2.14. The summed E-state index contributed by atoms with van der Waals surface area (Å²) in [6.45, 7) is 4.13. The fourth-order valence-corrected chi connectivity index (χ4v) is 1.97. The van der Waals surface area contributed by atoms with E-state index in [2.05, 4.69) is 9.97 Å². The molecule has 2 rings (SSSR count). The number of carboxylic acids is 1. The molecule has 0 atom stereocenters. The maximum absolute atomic E-state index is 12.5. The lowest BCUT2D eigenvalue weighted by atomic mass is 10.0. The molecule has 0 aliphatic carbocycles. The Labute approximate surface area is 127 Å². The smallest absolute Gasteiger partial charge is 0.355 e. The molecule has 0 unspecified atom stereocenters. The number of benzene rings is 1. The normalized spacial score (nSPS) is 10.3. The minimum Gasteiger partial charge on any atom is -0.494 e. The van der Waals surface area contributed by atoms with Gasteiger partial charge in [0.05, 0.1) is 12.2 Å². The van der Waals surface area contributed by atoms with Gasteiger partial charge in [0.15, 0.2) is 11.5 Å². The summed E-state index contributed by atoms with van der Waals surface area (Å²) in [5.74, 6) is -0.753. The Kier molecular flexibility index (Phi) is 4.83. The zero-order valence-electron chi connectivity index (χ0n) is 12.4. The number of rotatable bonds is 6. The van der Waals surface area contributed by atoms with Crippen LogP contribution < -0.4 is 4.74 Å². The summed E-state index contributed by atoms with van der Waals surface area (Å²) >= 11 is 0. The number of nitrogens with zero attached hydrogens (tertiary/aromatic N) is 2. The van der Waals surface area contributed by atoms with Gasteiger partial charge in [-0.25, -0.2) is 14.8 Å². The van der Waals surface area contributed by atoms with E-state index in [0.717, 1.165) is 0 Å². The minimum absolute atomic E-state index is 0.0293. The highest BCUT2D eigenvalue weighted by molar-refractivity contribution is 6.13. The number of ether oxygens (including phenoxy) is 1. The van der Waals surface area contributed by atoms with Crippen molar-refractivity contribution in [3.05, 3.63) is 53.1 Å². The highest BCUT2D eigenvalue weighted by Crippen LogP contribution is 2.18. The lowest BCUT2D eigenvalue weighted by Gasteiger charge is -2.08. The minimum atomic E-state index is -1.25. The second kappa shape index (κ2) is 6.80. The highest BCUT2D eigenvalue weighted by Gasteiger charge is 2.21. The highest BCUT2D eigenvalue weighted by atomic mass is 16.5. The van der Waals surface area contributed by atoms with Crippen molar-refractivity contribution in [1.82, 2.24) is 9.97 Å². The number of carbonyl (C=O) groups is 2. The molecular weight excluding hydrogens is 284 g/mol. The molecule has 1 aromatic heterocycles. The van der Waals surface area contributed by atoms with E-state index in [4.69, 9.17) is 4.74 Å². The van der Waals surface area contributed by atoms with Crippen molar-refractivity contribution >= 4 is 11.8 Å². The largest absolute Gasteiger partial charge is 0.494 e. The Morgan fingerprint density at radius 3 is 2.68 bits per heavy atom. The van der Waals surface area contributed by atoms with Crippen LogP contribution in [0.25, 0.3) is 0 Å². The van der Waals surface area contributed by atoms with Crippen LogP contribution in [-0.2, 0) is 6.42 Å². The first-order valence-corrected chi connectivity index (χ1v) is 6.93. The van der Waals surface area contributed by atoms with Crippen LogP contribution in [0.2, 0.25) is 0 Å². The fraction of sp³-hybridized carbons (Fsp3) is 0.250. The molecule has 114 valence electrons. The predicted molar refractivity (Wildman–Crippen MR) is 79.4 cm³/mol. The van der Waals surface area contributed by atoms with E-state index in [9.17, 15) is 14.7 Å². The Balaban J connectivity index is 2.45. The molecule has 6 nitrogen and oxygen atoms in total. The molecule has 0 amide bonds. The summed E-state index contributed by atoms with van der Waals surface area (Å²) in [6.07, 6.45) is 1.76. The maximum Gasteiger partial charge on any atom is 0.355 e. The van der Waals surface area contributed by atoms with Crippen LogP contribution >= 0.6 is 0 Å². The van der Waals surface area contributed by atoms with E-state index in [-0.39, 0.29) is 11.3 Å². The van der Waals surface area contributed by atoms with Crippen molar-refractivity contribution in [3.63, 3.8) is 0 Å². The molecule has 6 heteroatoms. The van der Waals surface area contributed by atoms with E-state index < -0.39 is 11.8 Å². The summed E-state index contributed by atoms with van der Waals surface area (Å²) < 4.78 is 5.35. The Bertz CT molecular complexity index is 713. The van der Waals surface area contributed by atoms with Gasteiger partial charge in [-0.15, -0.1) is 0 Å². The molecule has 0 saturated heterocycles. The van der Waals surface area contributed by atoms with Gasteiger partial charge in [0.25, 0.3) is 0 Å². The fourth-order valence-electron chi connectivity index (χ4n) is 1.97. The average molecular weight is 300 g/mol. The Morgan fingerprint density at radius 2 is 2.05 bits per heavy atom. The summed E-state index contributed by atoms with van der Waals surface area (Å²) in [5.41, 5.74) is 0.0262. The lowest BCUT2D eigenvalue weighted by molar-refractivity contribution is 0.0685. The Hall–Kier alpha value is -2.76. The van der Waals surface area contributed by atoms with Crippen molar-refractivity contribution in [2.24, 2.45) is 0 Å². The van der Waals surface area contributed by atoms with Crippen LogP contribution in [0, 0.1) is 0 Å². The first-order valence-electron chi connectivity index (χ1n) is 6.93. The summed E-state index contributed by atoms with van der Waals surface area (Å²) in [7, 11) is 0. The van der Waals surface area contributed by atoms with Gasteiger partial charge in [-0.1, -0.05) is 19.1 Å². The van der Waals surface area contributed by atoms with Gasteiger partial charge < -0.3 is 9.84 Å². The molecular formula is C16H16N2O4. The van der Waals surface area contributed by atoms with Crippen LogP contribution in [0.15, 0.2) is 30.5 Å². The molecule has 1 aromatic carbocycles. The molecule has 0 aliphatic rings. The first-order chi connectivity index (χ1) is 10.6. The van der Waals surface area contributed by atoms with Crippen LogP contribution in [0.1, 0.15) is 46.1 Å². The zero-order valence-corrected chi connectivity index (χ0v) is 12.4. The van der Waals surface area contributed by atoms with Crippen LogP contribution in [0.4, 0.5) is 0 Å². The van der Waals surface area contributed by atoms with E-state index in [1.54, 1.807) is 24.3 Å². The molecule has 2 aromatic rings. The number of carboxylic acid groups (broad SMARTS) is 1. The number of aromatic nitrogens is 2. The molecule has 0 fully saturated rings. The van der Waals surface area contributed by atoms with Gasteiger partial charge in [-0.2, -0.15) is 0 Å². The zero-order chi connectivity index (χ0) is 16.1. The number of hydrogen-bond donors (Lipinski definition) is 1. The summed E-state index contributed by atoms with van der Waals surface area (Å²) in [5, 5.41) is 9.25. The monoisotopic (exact) mass is 300 g/mol. The molecule has 1 N–H and O–H groups in total. The number of aromatic carboxylic acids is 1. The third-order valence-electron chi connectivity index (χ3n) is 3.01. The molecule has 0 saturated carbocycles. The number of carbonyl (C=O) groups excluding carboxylic acids is 1. The van der Waals surface area contributed by atoms with Crippen LogP contribution in [-0.4, -0.2) is 33.4 Å². The molecule has 0 spiro atoms. The molecule has 0 bridgehead atoms. The van der Waals surface area contributed by atoms with Crippen LogP contribution in [0.3, 0.4) is 0 Å².